The van der Waals surface area contributed by atoms with Gasteiger partial charge in [0.1, 0.15) is 11.4 Å². The fraction of sp³-hybridized carbons (Fsp3) is 0.737. The van der Waals surface area contributed by atoms with Crippen molar-refractivity contribution in [1.82, 2.24) is 20.2 Å². The third-order valence-corrected chi connectivity index (χ3v) is 5.20. The van der Waals surface area contributed by atoms with E-state index in [4.69, 9.17) is 0 Å². The molecular weight excluding hydrogens is 316 g/mol. The molecule has 1 saturated heterocycles. The summed E-state index contributed by atoms with van der Waals surface area (Å²) >= 11 is 0. The molecule has 0 aromatic carbocycles. The molecular formula is C19H30N4O2. The number of piperidine rings is 1. The fourth-order valence-corrected chi connectivity index (χ4v) is 3.29. The number of rotatable bonds is 4. The van der Waals surface area contributed by atoms with Crippen LogP contribution in [0, 0.1) is 12.8 Å². The van der Waals surface area contributed by atoms with Crippen molar-refractivity contribution in [2.24, 2.45) is 5.92 Å². The second kappa shape index (κ2) is 6.90. The lowest BCUT2D eigenvalue weighted by Crippen LogP contribution is -2.46. The number of carbonyl (C=O) groups excluding carboxylic acids is 1. The summed E-state index contributed by atoms with van der Waals surface area (Å²) in [5.74, 6) is 1.30. The number of H-pyrrole nitrogens is 1. The van der Waals surface area contributed by atoms with Gasteiger partial charge in [-0.25, -0.2) is 4.98 Å². The number of nitrogens with one attached hydrogen (secondary N) is 2. The normalized spacial score (nSPS) is 19.3. The molecule has 2 fully saturated rings. The lowest BCUT2D eigenvalue weighted by Gasteiger charge is -2.32. The van der Waals surface area contributed by atoms with Crippen LogP contribution in [0.4, 0.5) is 0 Å². The lowest BCUT2D eigenvalue weighted by atomic mass is 9.95. The quantitative estimate of drug-likeness (QED) is 0.874. The fourth-order valence-electron chi connectivity index (χ4n) is 3.29. The van der Waals surface area contributed by atoms with E-state index in [-0.39, 0.29) is 22.4 Å². The van der Waals surface area contributed by atoms with Gasteiger partial charge in [0.15, 0.2) is 0 Å². The van der Waals surface area contributed by atoms with Crippen LogP contribution in [-0.2, 0) is 5.41 Å². The Hall–Kier alpha value is -1.69. The summed E-state index contributed by atoms with van der Waals surface area (Å²) in [4.78, 5) is 34.4. The minimum atomic E-state index is -0.323. The van der Waals surface area contributed by atoms with Crippen molar-refractivity contribution >= 4 is 5.91 Å². The maximum absolute atomic E-state index is 12.8. The van der Waals surface area contributed by atoms with Gasteiger partial charge < -0.3 is 15.2 Å². The van der Waals surface area contributed by atoms with Crippen molar-refractivity contribution in [3.63, 3.8) is 0 Å². The highest BCUT2D eigenvalue weighted by molar-refractivity contribution is 5.94. The number of likely N-dealkylation sites (tertiary alicyclic amines) is 1. The molecule has 1 aromatic rings. The van der Waals surface area contributed by atoms with Gasteiger partial charge in [0.05, 0.1) is 5.69 Å². The van der Waals surface area contributed by atoms with Gasteiger partial charge in [-0.05, 0) is 45.1 Å². The van der Waals surface area contributed by atoms with E-state index in [0.717, 1.165) is 25.3 Å². The number of hydrogen-bond acceptors (Lipinski definition) is 4. The maximum atomic E-state index is 12.8. The molecule has 0 bridgehead atoms. The van der Waals surface area contributed by atoms with Gasteiger partial charge in [0, 0.05) is 24.5 Å². The van der Waals surface area contributed by atoms with Crippen LogP contribution in [0.5, 0.6) is 0 Å². The van der Waals surface area contributed by atoms with E-state index in [1.54, 1.807) is 11.8 Å². The topological polar surface area (TPSA) is 78.1 Å². The summed E-state index contributed by atoms with van der Waals surface area (Å²) in [7, 11) is 0. The van der Waals surface area contributed by atoms with Gasteiger partial charge in [-0.1, -0.05) is 20.8 Å². The van der Waals surface area contributed by atoms with Gasteiger partial charge in [0.2, 0.25) is 0 Å². The molecule has 2 heterocycles. The molecule has 0 unspecified atom stereocenters. The number of aromatic amines is 1. The van der Waals surface area contributed by atoms with E-state index in [1.165, 1.54) is 12.8 Å². The Morgan fingerprint density at radius 3 is 2.40 bits per heavy atom. The molecule has 1 amide bonds. The Bertz CT molecular complexity index is 692. The minimum absolute atomic E-state index is 0.188. The molecule has 1 aliphatic heterocycles. The third-order valence-electron chi connectivity index (χ3n) is 5.20. The predicted octanol–water partition coefficient (Wildman–Crippen LogP) is 1.98. The molecule has 2 aliphatic rings. The van der Waals surface area contributed by atoms with E-state index >= 15 is 0 Å². The SMILES string of the molecule is Cc1nc(C(C)(C)C)[nH]c(=O)c1C(=O)N1CCC(NCC2CC2)CC1. The Labute approximate surface area is 149 Å². The van der Waals surface area contributed by atoms with Crippen LogP contribution in [0.1, 0.15) is 68.3 Å². The molecule has 3 rings (SSSR count). The van der Waals surface area contributed by atoms with E-state index < -0.39 is 0 Å². The second-order valence-electron chi connectivity index (χ2n) is 8.54. The molecule has 138 valence electrons. The third kappa shape index (κ3) is 4.29. The van der Waals surface area contributed by atoms with Crippen LogP contribution >= 0.6 is 0 Å². The number of aryl methyl sites for hydroxylation is 1. The van der Waals surface area contributed by atoms with Crippen LogP contribution in [0.3, 0.4) is 0 Å². The zero-order valence-corrected chi connectivity index (χ0v) is 15.8. The summed E-state index contributed by atoms with van der Waals surface area (Å²) in [6.45, 7) is 10.2. The smallest absolute Gasteiger partial charge is 0.264 e. The number of hydrogen-bond donors (Lipinski definition) is 2. The predicted molar refractivity (Wildman–Crippen MR) is 97.9 cm³/mol. The Kier molecular flexibility index (Phi) is 5.00. The van der Waals surface area contributed by atoms with Crippen molar-refractivity contribution in [3.05, 3.63) is 27.4 Å². The zero-order chi connectivity index (χ0) is 18.2. The van der Waals surface area contributed by atoms with Gasteiger partial charge in [-0.15, -0.1) is 0 Å². The highest BCUT2D eigenvalue weighted by atomic mass is 16.2. The summed E-state index contributed by atoms with van der Waals surface area (Å²) in [5.41, 5.74) is 0.137. The molecule has 0 radical (unpaired) electrons. The van der Waals surface area contributed by atoms with E-state index in [9.17, 15) is 9.59 Å². The van der Waals surface area contributed by atoms with Crippen molar-refractivity contribution in [2.45, 2.75) is 64.8 Å². The molecule has 1 aliphatic carbocycles. The van der Waals surface area contributed by atoms with Crippen LogP contribution in [0.25, 0.3) is 0 Å². The monoisotopic (exact) mass is 346 g/mol. The molecule has 0 atom stereocenters. The van der Waals surface area contributed by atoms with Crippen LogP contribution in [-0.4, -0.2) is 46.5 Å². The summed E-state index contributed by atoms with van der Waals surface area (Å²) < 4.78 is 0. The molecule has 6 nitrogen and oxygen atoms in total. The summed E-state index contributed by atoms with van der Waals surface area (Å²) in [5, 5.41) is 3.61. The first-order chi connectivity index (χ1) is 11.8. The molecule has 1 aromatic heterocycles. The Balaban J connectivity index is 1.66. The number of carbonyl (C=O) groups is 1. The largest absolute Gasteiger partial charge is 0.338 e. The first-order valence-corrected chi connectivity index (χ1v) is 9.39. The van der Waals surface area contributed by atoms with Gasteiger partial charge in [-0.2, -0.15) is 0 Å². The van der Waals surface area contributed by atoms with Gasteiger partial charge >= 0.3 is 0 Å². The van der Waals surface area contributed by atoms with Crippen molar-refractivity contribution < 1.29 is 4.79 Å². The number of amides is 1. The van der Waals surface area contributed by atoms with Crippen LogP contribution < -0.4 is 10.9 Å². The van der Waals surface area contributed by atoms with Crippen molar-refractivity contribution in [2.75, 3.05) is 19.6 Å². The van der Waals surface area contributed by atoms with Crippen molar-refractivity contribution in [1.29, 1.82) is 0 Å². The first kappa shape index (κ1) is 18.1. The average molecular weight is 346 g/mol. The summed E-state index contributed by atoms with van der Waals surface area (Å²) in [6, 6.07) is 0.491. The van der Waals surface area contributed by atoms with E-state index in [0.29, 0.717) is 30.6 Å². The maximum Gasteiger partial charge on any atom is 0.264 e. The lowest BCUT2D eigenvalue weighted by molar-refractivity contribution is 0.0701. The molecule has 2 N–H and O–H groups in total. The van der Waals surface area contributed by atoms with Crippen LogP contribution in [0.15, 0.2) is 4.79 Å². The highest BCUT2D eigenvalue weighted by Crippen LogP contribution is 2.28. The second-order valence-corrected chi connectivity index (χ2v) is 8.54. The summed E-state index contributed by atoms with van der Waals surface area (Å²) in [6.07, 6.45) is 4.60. The Morgan fingerprint density at radius 2 is 1.88 bits per heavy atom. The molecule has 6 heteroatoms. The van der Waals surface area contributed by atoms with Crippen LogP contribution in [0.2, 0.25) is 0 Å². The van der Waals surface area contributed by atoms with Crippen molar-refractivity contribution in [3.8, 4) is 0 Å². The molecule has 1 saturated carbocycles. The van der Waals surface area contributed by atoms with E-state index in [2.05, 4.69) is 15.3 Å². The van der Waals surface area contributed by atoms with Gasteiger partial charge in [-0.3, -0.25) is 9.59 Å². The minimum Gasteiger partial charge on any atom is -0.338 e. The number of aromatic nitrogens is 2. The average Bonchev–Trinajstić information content (AvgIpc) is 3.36. The standard InChI is InChI=1S/C19H30N4O2/c1-12-15(16(24)22-18(21-12)19(2,3)4)17(25)23-9-7-14(8-10-23)20-11-13-5-6-13/h13-14,20H,5-11H2,1-4H3,(H,21,22,24). The highest BCUT2D eigenvalue weighted by Gasteiger charge is 2.29. The first-order valence-electron chi connectivity index (χ1n) is 9.39. The van der Waals surface area contributed by atoms with Gasteiger partial charge in [0.25, 0.3) is 11.5 Å². The molecule has 0 spiro atoms. The molecule has 25 heavy (non-hydrogen) atoms. The Morgan fingerprint density at radius 1 is 1.24 bits per heavy atom. The van der Waals surface area contributed by atoms with E-state index in [1.807, 2.05) is 20.8 Å². The zero-order valence-electron chi connectivity index (χ0n) is 15.8. The number of nitrogens with zero attached hydrogens (tertiary/aromatic N) is 2.